The molecule has 0 bridgehead atoms. The van der Waals surface area contributed by atoms with Crippen LogP contribution in [0.5, 0.6) is 0 Å². The molecule has 0 unspecified atom stereocenters. The van der Waals surface area contributed by atoms with Gasteiger partial charge in [-0.3, -0.25) is 0 Å². The Morgan fingerprint density at radius 2 is 2.08 bits per heavy atom. The summed E-state index contributed by atoms with van der Waals surface area (Å²) in [5, 5.41) is 1.17. The molecule has 2 nitrogen and oxygen atoms in total. The minimum absolute atomic E-state index is 0.927. The number of fused-ring (bicyclic) bond motifs is 1. The van der Waals surface area contributed by atoms with E-state index < -0.39 is 0 Å². The van der Waals surface area contributed by atoms with Gasteiger partial charge in [0.1, 0.15) is 6.33 Å². The topological polar surface area (TPSA) is 25.8 Å². The first-order valence-corrected chi connectivity index (χ1v) is 6.37. The summed E-state index contributed by atoms with van der Waals surface area (Å²) >= 11 is 4.62. The van der Waals surface area contributed by atoms with Crippen LogP contribution in [-0.4, -0.2) is 9.97 Å². The van der Waals surface area contributed by atoms with Gasteiger partial charge in [-0.05, 0) is 40.8 Å². The van der Waals surface area contributed by atoms with E-state index in [0.29, 0.717) is 0 Å². The fourth-order valence-electron chi connectivity index (χ4n) is 1.19. The first-order chi connectivity index (χ1) is 6.31. The highest BCUT2D eigenvalue weighted by Crippen LogP contribution is 2.19. The molecule has 0 aliphatic heterocycles. The van der Waals surface area contributed by atoms with Gasteiger partial charge >= 0.3 is 0 Å². The van der Waals surface area contributed by atoms with Crippen LogP contribution in [0.15, 0.2) is 24.5 Å². The van der Waals surface area contributed by atoms with E-state index in [1.807, 2.05) is 6.07 Å². The van der Waals surface area contributed by atoms with Crippen molar-refractivity contribution in [3.05, 3.63) is 33.8 Å². The molecule has 1 heterocycles. The van der Waals surface area contributed by atoms with Gasteiger partial charge in [-0.2, -0.15) is 0 Å². The number of nitrogens with zero attached hydrogens (tertiary/aromatic N) is 2. The van der Waals surface area contributed by atoms with Crippen molar-refractivity contribution in [2.75, 3.05) is 0 Å². The molecule has 0 amide bonds. The molecule has 0 spiro atoms. The third kappa shape index (κ3) is 1.93. The number of halogens is 2. The second-order valence-electron chi connectivity index (χ2n) is 2.62. The highest BCUT2D eigenvalue weighted by molar-refractivity contribution is 14.1. The highest BCUT2D eigenvalue weighted by atomic mass is 127. The molecular weight excluding hydrogens is 390 g/mol. The van der Waals surface area contributed by atoms with Crippen molar-refractivity contribution in [1.82, 2.24) is 9.97 Å². The molecule has 0 atom stereocenters. The van der Waals surface area contributed by atoms with E-state index in [-0.39, 0.29) is 0 Å². The van der Waals surface area contributed by atoms with Crippen molar-refractivity contribution in [1.29, 1.82) is 0 Å². The molecule has 66 valence electrons. The molecule has 2 rings (SSSR count). The van der Waals surface area contributed by atoms with Gasteiger partial charge in [0.05, 0.1) is 11.2 Å². The molecule has 2 aromatic rings. The molecule has 0 aliphatic carbocycles. The largest absolute Gasteiger partial charge is 0.240 e. The first-order valence-electron chi connectivity index (χ1n) is 3.76. The Kier molecular flexibility index (Phi) is 2.97. The van der Waals surface area contributed by atoms with Crippen LogP contribution in [0.4, 0.5) is 0 Å². The number of alkyl halides is 1. The van der Waals surface area contributed by atoms with Crippen molar-refractivity contribution < 1.29 is 0 Å². The predicted octanol–water partition coefficient (Wildman–Crippen LogP) is 3.17. The lowest BCUT2D eigenvalue weighted by Crippen LogP contribution is -1.90. The zero-order valence-electron chi connectivity index (χ0n) is 6.67. The fraction of sp³-hybridized carbons (Fsp3) is 0.111. The Bertz CT molecular complexity index is 443. The maximum Gasteiger partial charge on any atom is 0.116 e. The summed E-state index contributed by atoms with van der Waals surface area (Å²) in [6.45, 7) is 0. The number of aromatic nitrogens is 2. The quantitative estimate of drug-likeness (QED) is 0.547. The van der Waals surface area contributed by atoms with Crippen LogP contribution in [0, 0.1) is 3.57 Å². The SMILES string of the molecule is ICc1ncnc2ccc(I)cc12. The zero-order chi connectivity index (χ0) is 9.26. The van der Waals surface area contributed by atoms with Gasteiger partial charge in [0.2, 0.25) is 0 Å². The van der Waals surface area contributed by atoms with Crippen LogP contribution in [-0.2, 0) is 4.43 Å². The second kappa shape index (κ2) is 4.04. The van der Waals surface area contributed by atoms with Crippen LogP contribution in [0.1, 0.15) is 5.69 Å². The van der Waals surface area contributed by atoms with E-state index in [1.165, 1.54) is 8.96 Å². The number of hydrogen-bond donors (Lipinski definition) is 0. The average Bonchev–Trinajstić information content (AvgIpc) is 2.17. The zero-order valence-corrected chi connectivity index (χ0v) is 11.0. The minimum atomic E-state index is 0.927. The summed E-state index contributed by atoms with van der Waals surface area (Å²) in [4.78, 5) is 8.46. The molecule has 1 aromatic carbocycles. The summed E-state index contributed by atoms with van der Waals surface area (Å²) in [7, 11) is 0. The monoisotopic (exact) mass is 396 g/mol. The summed E-state index contributed by atoms with van der Waals surface area (Å²) < 4.78 is 2.16. The minimum Gasteiger partial charge on any atom is -0.240 e. The molecule has 4 heteroatoms. The van der Waals surface area contributed by atoms with Crippen molar-refractivity contribution >= 4 is 56.1 Å². The van der Waals surface area contributed by atoms with E-state index in [2.05, 4.69) is 67.3 Å². The first kappa shape index (κ1) is 9.57. The fourth-order valence-corrected chi connectivity index (χ4v) is 2.29. The van der Waals surface area contributed by atoms with Crippen molar-refractivity contribution in [2.24, 2.45) is 0 Å². The molecule has 1 aromatic heterocycles. The van der Waals surface area contributed by atoms with E-state index in [0.717, 1.165) is 15.6 Å². The lowest BCUT2D eigenvalue weighted by molar-refractivity contribution is 1.15. The molecule has 0 radical (unpaired) electrons. The Balaban J connectivity index is 2.79. The lowest BCUT2D eigenvalue weighted by Gasteiger charge is -2.01. The summed E-state index contributed by atoms with van der Waals surface area (Å²) in [6, 6.07) is 6.23. The van der Waals surface area contributed by atoms with Crippen LogP contribution < -0.4 is 0 Å². The van der Waals surface area contributed by atoms with Gasteiger partial charge in [-0.15, -0.1) is 0 Å². The number of benzene rings is 1. The van der Waals surface area contributed by atoms with Crippen molar-refractivity contribution in [2.45, 2.75) is 4.43 Å². The third-order valence-corrected chi connectivity index (χ3v) is 3.20. The van der Waals surface area contributed by atoms with E-state index in [4.69, 9.17) is 0 Å². The summed E-state index contributed by atoms with van der Waals surface area (Å²) in [5.74, 6) is 0. The maximum absolute atomic E-state index is 4.24. The smallest absolute Gasteiger partial charge is 0.116 e. The maximum atomic E-state index is 4.24. The van der Waals surface area contributed by atoms with E-state index in [1.54, 1.807) is 6.33 Å². The molecule has 0 saturated heterocycles. The van der Waals surface area contributed by atoms with Crippen molar-refractivity contribution in [3.8, 4) is 0 Å². The van der Waals surface area contributed by atoms with Gasteiger partial charge in [0.25, 0.3) is 0 Å². The van der Waals surface area contributed by atoms with Gasteiger partial charge in [0.15, 0.2) is 0 Å². The molecule has 13 heavy (non-hydrogen) atoms. The number of rotatable bonds is 1. The van der Waals surface area contributed by atoms with Crippen molar-refractivity contribution in [3.63, 3.8) is 0 Å². The molecule has 0 N–H and O–H groups in total. The Morgan fingerprint density at radius 1 is 1.23 bits per heavy atom. The van der Waals surface area contributed by atoms with Gasteiger partial charge in [-0.1, -0.05) is 22.6 Å². The van der Waals surface area contributed by atoms with Gasteiger partial charge < -0.3 is 0 Å². The van der Waals surface area contributed by atoms with Gasteiger partial charge in [0, 0.05) is 13.4 Å². The normalized spacial score (nSPS) is 10.6. The second-order valence-corrected chi connectivity index (χ2v) is 4.62. The molecule has 0 fully saturated rings. The Labute approximate surface area is 103 Å². The predicted molar refractivity (Wildman–Crippen MR) is 70.0 cm³/mol. The van der Waals surface area contributed by atoms with Gasteiger partial charge in [-0.25, -0.2) is 9.97 Å². The summed E-state index contributed by atoms with van der Waals surface area (Å²) in [6.07, 6.45) is 1.63. The lowest BCUT2D eigenvalue weighted by atomic mass is 10.2. The molecular formula is C9H6I2N2. The average molecular weight is 396 g/mol. The van der Waals surface area contributed by atoms with Crippen LogP contribution >= 0.6 is 45.2 Å². The number of hydrogen-bond acceptors (Lipinski definition) is 2. The summed E-state index contributed by atoms with van der Waals surface area (Å²) in [5.41, 5.74) is 2.14. The van der Waals surface area contributed by atoms with E-state index in [9.17, 15) is 0 Å². The standard InChI is InChI=1S/C9H6I2N2/c10-4-9-7-3-6(11)1-2-8(7)12-5-13-9/h1-3,5H,4H2. The third-order valence-electron chi connectivity index (χ3n) is 1.81. The van der Waals surface area contributed by atoms with Crippen LogP contribution in [0.2, 0.25) is 0 Å². The molecule has 0 aliphatic rings. The Hall–Kier alpha value is 0.0200. The molecule has 0 saturated carbocycles. The van der Waals surface area contributed by atoms with E-state index >= 15 is 0 Å². The van der Waals surface area contributed by atoms with Crippen LogP contribution in [0.3, 0.4) is 0 Å². The van der Waals surface area contributed by atoms with Crippen LogP contribution in [0.25, 0.3) is 10.9 Å². The Morgan fingerprint density at radius 3 is 2.85 bits per heavy atom. The highest BCUT2D eigenvalue weighted by Gasteiger charge is 2.01.